The number of carbonyl (C=O) groups is 1. The van der Waals surface area contributed by atoms with Gasteiger partial charge in [-0.2, -0.15) is 0 Å². The fourth-order valence-electron chi connectivity index (χ4n) is 4.45. The first-order valence-electron chi connectivity index (χ1n) is 12.6. The molecule has 2 unspecified atom stereocenters. The third-order valence-corrected chi connectivity index (χ3v) is 6.77. The average Bonchev–Trinajstić information content (AvgIpc) is 3.50. The van der Waals surface area contributed by atoms with Crippen LogP contribution in [-0.2, 0) is 0 Å². The Morgan fingerprint density at radius 3 is 2.71 bits per heavy atom. The monoisotopic (exact) mass is 511 g/mol. The third-order valence-electron chi connectivity index (χ3n) is 6.77. The van der Waals surface area contributed by atoms with Gasteiger partial charge in [-0.1, -0.05) is 18.2 Å². The number of aromatic nitrogens is 3. The van der Waals surface area contributed by atoms with Crippen molar-refractivity contribution < 1.29 is 9.18 Å². The predicted molar refractivity (Wildman–Crippen MR) is 147 cm³/mol. The number of aryl methyl sites for hydroxylation is 1. The number of amides is 1. The largest absolute Gasteiger partial charge is 0.324 e. The number of likely N-dealkylation sites (N-methyl/N-ethyl adjacent to an activating group) is 1. The number of anilines is 3. The molecule has 0 bridgehead atoms. The van der Waals surface area contributed by atoms with E-state index in [1.54, 1.807) is 54.8 Å². The van der Waals surface area contributed by atoms with E-state index < -0.39 is 6.30 Å². The number of hydrogen-bond donors (Lipinski definition) is 3. The summed E-state index contributed by atoms with van der Waals surface area (Å²) < 4.78 is 15.0. The Bertz CT molecular complexity index is 1390. The summed E-state index contributed by atoms with van der Waals surface area (Å²) >= 11 is 0. The lowest BCUT2D eigenvalue weighted by Gasteiger charge is -2.27. The second-order valence-corrected chi connectivity index (χ2v) is 9.39. The van der Waals surface area contributed by atoms with Crippen molar-refractivity contribution in [3.63, 3.8) is 0 Å². The van der Waals surface area contributed by atoms with Gasteiger partial charge < -0.3 is 16.0 Å². The standard InChI is InChI=1S/C29H30FN7O/c1-19-5-10-23(16-26(19)36-29-33-15-12-25(35-29)22-4-3-13-31-17-22)34-28(38)21-8-6-20(7-9-21)27(30)37(2)24-11-14-32-18-24/h3-10,12-13,15-17,24,27,32H,11,14,18H2,1-2H3,(H,34,38)(H,33,35,36). The van der Waals surface area contributed by atoms with Crippen LogP contribution in [0, 0.1) is 6.92 Å². The molecule has 0 spiro atoms. The minimum atomic E-state index is -1.22. The van der Waals surface area contributed by atoms with Gasteiger partial charge in [0.05, 0.1) is 5.69 Å². The number of pyridine rings is 1. The van der Waals surface area contributed by atoms with Crippen molar-refractivity contribution >= 4 is 23.2 Å². The fourth-order valence-corrected chi connectivity index (χ4v) is 4.45. The van der Waals surface area contributed by atoms with Gasteiger partial charge in [-0.25, -0.2) is 14.4 Å². The summed E-state index contributed by atoms with van der Waals surface area (Å²) in [4.78, 5) is 27.7. The van der Waals surface area contributed by atoms with Crippen LogP contribution in [0.1, 0.15) is 34.2 Å². The lowest BCUT2D eigenvalue weighted by Crippen LogP contribution is -2.34. The van der Waals surface area contributed by atoms with Crippen LogP contribution < -0.4 is 16.0 Å². The molecule has 38 heavy (non-hydrogen) atoms. The summed E-state index contributed by atoms with van der Waals surface area (Å²) in [6, 6.07) is 18.0. The van der Waals surface area contributed by atoms with Crippen molar-refractivity contribution in [1.29, 1.82) is 0 Å². The maximum absolute atomic E-state index is 15.0. The van der Waals surface area contributed by atoms with Crippen LogP contribution in [0.4, 0.5) is 21.7 Å². The molecular formula is C29H30FN7O. The molecule has 0 aliphatic carbocycles. The lowest BCUT2D eigenvalue weighted by atomic mass is 10.1. The summed E-state index contributed by atoms with van der Waals surface area (Å²) in [6.07, 6.45) is 4.85. The molecule has 3 heterocycles. The van der Waals surface area contributed by atoms with Crippen molar-refractivity contribution in [3.05, 3.63) is 95.9 Å². The Kier molecular flexibility index (Phi) is 7.67. The van der Waals surface area contributed by atoms with E-state index in [2.05, 4.69) is 30.9 Å². The van der Waals surface area contributed by atoms with Crippen LogP contribution >= 0.6 is 0 Å². The van der Waals surface area contributed by atoms with Gasteiger partial charge in [0.15, 0.2) is 6.30 Å². The molecule has 1 aliphatic rings. The number of benzene rings is 2. The molecule has 8 nitrogen and oxygen atoms in total. The van der Waals surface area contributed by atoms with E-state index in [1.165, 1.54) is 0 Å². The van der Waals surface area contributed by atoms with Gasteiger partial charge in [-0.05, 0) is 75.0 Å². The Labute approximate surface area is 221 Å². The zero-order chi connectivity index (χ0) is 26.5. The van der Waals surface area contributed by atoms with Gasteiger partial charge in [-0.3, -0.25) is 14.7 Å². The number of hydrogen-bond acceptors (Lipinski definition) is 7. The number of nitrogens with one attached hydrogen (secondary N) is 3. The molecule has 0 radical (unpaired) electrons. The highest BCUT2D eigenvalue weighted by atomic mass is 19.1. The summed E-state index contributed by atoms with van der Waals surface area (Å²) in [7, 11) is 1.80. The van der Waals surface area contributed by atoms with E-state index in [-0.39, 0.29) is 11.9 Å². The summed E-state index contributed by atoms with van der Waals surface area (Å²) in [5, 5.41) is 9.43. The second-order valence-electron chi connectivity index (χ2n) is 9.39. The van der Waals surface area contributed by atoms with Crippen molar-refractivity contribution in [2.24, 2.45) is 0 Å². The van der Waals surface area contributed by atoms with E-state index in [4.69, 9.17) is 0 Å². The van der Waals surface area contributed by atoms with E-state index in [0.717, 1.165) is 42.0 Å². The Hall–Kier alpha value is -4.21. The van der Waals surface area contributed by atoms with Crippen LogP contribution in [0.25, 0.3) is 11.3 Å². The van der Waals surface area contributed by atoms with Crippen molar-refractivity contribution in [3.8, 4) is 11.3 Å². The molecule has 1 saturated heterocycles. The molecule has 2 atom stereocenters. The normalized spacial score (nSPS) is 15.8. The number of rotatable bonds is 8. The van der Waals surface area contributed by atoms with Crippen LogP contribution in [0.5, 0.6) is 0 Å². The van der Waals surface area contributed by atoms with Gasteiger partial charge in [0.25, 0.3) is 5.91 Å². The van der Waals surface area contributed by atoms with Crippen molar-refractivity contribution in [2.75, 3.05) is 30.8 Å². The van der Waals surface area contributed by atoms with Crippen LogP contribution in [0.3, 0.4) is 0 Å². The molecule has 1 amide bonds. The van der Waals surface area contributed by atoms with Crippen molar-refractivity contribution in [2.45, 2.75) is 25.7 Å². The van der Waals surface area contributed by atoms with Gasteiger partial charge >= 0.3 is 0 Å². The topological polar surface area (TPSA) is 95.1 Å². The van der Waals surface area contributed by atoms with Crippen LogP contribution in [0.2, 0.25) is 0 Å². The summed E-state index contributed by atoms with van der Waals surface area (Å²) in [6.45, 7) is 3.65. The van der Waals surface area contributed by atoms with Gasteiger partial charge in [0.2, 0.25) is 5.95 Å². The molecule has 1 fully saturated rings. The molecule has 1 aliphatic heterocycles. The van der Waals surface area contributed by atoms with Gasteiger partial charge in [0.1, 0.15) is 0 Å². The lowest BCUT2D eigenvalue weighted by molar-refractivity contribution is 0.0744. The Morgan fingerprint density at radius 1 is 1.13 bits per heavy atom. The highest BCUT2D eigenvalue weighted by Crippen LogP contribution is 2.27. The molecular weight excluding hydrogens is 481 g/mol. The first-order chi connectivity index (χ1) is 18.5. The zero-order valence-electron chi connectivity index (χ0n) is 21.4. The number of carbonyl (C=O) groups excluding carboxylic acids is 1. The van der Waals surface area contributed by atoms with Gasteiger partial charge in [-0.15, -0.1) is 0 Å². The first-order valence-corrected chi connectivity index (χ1v) is 12.6. The Morgan fingerprint density at radius 2 is 1.97 bits per heavy atom. The van der Waals surface area contributed by atoms with E-state index >= 15 is 4.39 Å². The smallest absolute Gasteiger partial charge is 0.255 e. The SMILES string of the molecule is Cc1ccc(NC(=O)c2ccc(C(F)N(C)C3CCNC3)cc2)cc1Nc1nccc(-c2cccnc2)n1. The fraction of sp³-hybridized carbons (Fsp3) is 0.241. The van der Waals surface area contributed by atoms with Crippen molar-refractivity contribution in [1.82, 2.24) is 25.2 Å². The Balaban J connectivity index is 1.26. The van der Waals surface area contributed by atoms with Gasteiger partial charge in [0, 0.05) is 59.2 Å². The molecule has 3 N–H and O–H groups in total. The minimum Gasteiger partial charge on any atom is -0.324 e. The van der Waals surface area contributed by atoms with E-state index in [0.29, 0.717) is 22.8 Å². The molecule has 4 aromatic rings. The molecule has 194 valence electrons. The van der Waals surface area contributed by atoms with Crippen LogP contribution in [0.15, 0.2) is 79.3 Å². The number of alkyl halides is 1. The molecule has 5 rings (SSSR count). The molecule has 0 saturated carbocycles. The predicted octanol–water partition coefficient (Wildman–Crippen LogP) is 5.10. The highest BCUT2D eigenvalue weighted by Gasteiger charge is 2.26. The third kappa shape index (κ3) is 5.85. The molecule has 2 aromatic carbocycles. The number of nitrogens with zero attached hydrogens (tertiary/aromatic N) is 4. The number of halogens is 1. The maximum Gasteiger partial charge on any atom is 0.255 e. The average molecular weight is 512 g/mol. The zero-order valence-corrected chi connectivity index (χ0v) is 21.4. The van der Waals surface area contributed by atoms with Crippen LogP contribution in [-0.4, -0.2) is 51.9 Å². The highest BCUT2D eigenvalue weighted by molar-refractivity contribution is 6.04. The summed E-state index contributed by atoms with van der Waals surface area (Å²) in [5.74, 6) is 0.164. The second kappa shape index (κ2) is 11.5. The van der Waals surface area contributed by atoms with E-state index in [1.807, 2.05) is 43.3 Å². The first kappa shape index (κ1) is 25.4. The minimum absolute atomic E-state index is 0.167. The molecule has 9 heteroatoms. The maximum atomic E-state index is 15.0. The molecule has 2 aromatic heterocycles. The van der Waals surface area contributed by atoms with E-state index in [9.17, 15) is 4.79 Å². The summed E-state index contributed by atoms with van der Waals surface area (Å²) in [5.41, 5.74) is 4.99. The quantitative estimate of drug-likeness (QED) is 0.283.